The lowest BCUT2D eigenvalue weighted by atomic mass is 9.90. The number of benzene rings is 1. The predicted molar refractivity (Wildman–Crippen MR) is 91.1 cm³/mol. The van der Waals surface area contributed by atoms with Gasteiger partial charge in [-0.05, 0) is 35.6 Å². The lowest BCUT2D eigenvalue weighted by molar-refractivity contribution is -0.121. The average molecular weight is 319 g/mol. The highest BCUT2D eigenvalue weighted by Gasteiger charge is 2.17. The summed E-state index contributed by atoms with van der Waals surface area (Å²) in [5.74, 6) is 0.198. The summed E-state index contributed by atoms with van der Waals surface area (Å²) < 4.78 is 1.71. The Morgan fingerprint density at radius 3 is 2.64 bits per heavy atom. The van der Waals surface area contributed by atoms with E-state index in [9.17, 15) is 4.79 Å². The molecule has 22 heavy (non-hydrogen) atoms. The predicted octanol–water partition coefficient (Wildman–Crippen LogP) is 4.77. The molecule has 0 radical (unpaired) electrons. The Morgan fingerprint density at radius 2 is 2.00 bits per heavy atom. The van der Waals surface area contributed by atoms with Gasteiger partial charge in [0.15, 0.2) is 5.78 Å². The van der Waals surface area contributed by atoms with Gasteiger partial charge in [0.2, 0.25) is 0 Å². The molecule has 0 atom stereocenters. The molecule has 0 unspecified atom stereocenters. The third-order valence-electron chi connectivity index (χ3n) is 3.44. The molecule has 0 amide bonds. The van der Waals surface area contributed by atoms with Gasteiger partial charge < -0.3 is 0 Å². The van der Waals surface area contributed by atoms with E-state index >= 15 is 0 Å². The molecule has 0 saturated carbocycles. The lowest BCUT2D eigenvalue weighted by Gasteiger charge is -2.16. The van der Waals surface area contributed by atoms with E-state index in [2.05, 4.69) is 32.8 Å². The molecule has 0 spiro atoms. The van der Waals surface area contributed by atoms with Gasteiger partial charge in [-0.15, -0.1) is 0 Å². The standard InChI is InChI=1S/C18H23ClN2O/c1-5-13-6-7-14(19)10-16(13)17-8-9-21(20-17)12-15(22)11-18(2,3)4/h6-10H,5,11-12H2,1-4H3. The minimum Gasteiger partial charge on any atom is -0.298 e. The zero-order valence-electron chi connectivity index (χ0n) is 13.7. The zero-order valence-corrected chi connectivity index (χ0v) is 14.4. The number of rotatable bonds is 5. The molecule has 1 heterocycles. The highest BCUT2D eigenvalue weighted by atomic mass is 35.5. The quantitative estimate of drug-likeness (QED) is 0.795. The van der Waals surface area contributed by atoms with Crippen LogP contribution in [0.1, 0.15) is 39.7 Å². The first-order valence-corrected chi connectivity index (χ1v) is 8.00. The maximum atomic E-state index is 12.1. The van der Waals surface area contributed by atoms with Crippen molar-refractivity contribution in [1.82, 2.24) is 9.78 Å². The van der Waals surface area contributed by atoms with Crippen LogP contribution in [0.3, 0.4) is 0 Å². The summed E-state index contributed by atoms with van der Waals surface area (Å²) in [4.78, 5) is 12.1. The van der Waals surface area contributed by atoms with Crippen molar-refractivity contribution in [3.63, 3.8) is 0 Å². The molecule has 0 aliphatic rings. The second kappa shape index (κ2) is 6.66. The summed E-state index contributed by atoms with van der Waals surface area (Å²) in [5, 5.41) is 5.24. The smallest absolute Gasteiger partial charge is 0.154 e. The van der Waals surface area contributed by atoms with E-state index in [1.807, 2.05) is 30.5 Å². The molecule has 118 valence electrons. The number of carbonyl (C=O) groups is 1. The first-order valence-electron chi connectivity index (χ1n) is 7.62. The molecule has 2 rings (SSSR count). The number of Topliss-reactive ketones (excluding diaryl/α,β-unsaturated/α-hetero) is 1. The molecule has 3 nitrogen and oxygen atoms in total. The van der Waals surface area contributed by atoms with Gasteiger partial charge in [0, 0.05) is 23.2 Å². The number of nitrogens with zero attached hydrogens (tertiary/aromatic N) is 2. The van der Waals surface area contributed by atoms with Gasteiger partial charge in [0.05, 0.1) is 12.2 Å². The molecule has 0 bridgehead atoms. The van der Waals surface area contributed by atoms with Crippen LogP contribution in [0.15, 0.2) is 30.5 Å². The van der Waals surface area contributed by atoms with E-state index < -0.39 is 0 Å². The first-order chi connectivity index (χ1) is 10.3. The summed E-state index contributed by atoms with van der Waals surface area (Å²) in [6, 6.07) is 7.80. The molecule has 1 aromatic heterocycles. The zero-order chi connectivity index (χ0) is 16.3. The van der Waals surface area contributed by atoms with Crippen molar-refractivity contribution in [2.24, 2.45) is 5.41 Å². The third-order valence-corrected chi connectivity index (χ3v) is 3.67. The highest BCUT2D eigenvalue weighted by Crippen LogP contribution is 2.26. The largest absolute Gasteiger partial charge is 0.298 e. The van der Waals surface area contributed by atoms with E-state index in [0.29, 0.717) is 18.0 Å². The Balaban J connectivity index is 2.18. The maximum absolute atomic E-state index is 12.1. The van der Waals surface area contributed by atoms with Crippen LogP contribution in [-0.2, 0) is 17.8 Å². The number of halogens is 1. The van der Waals surface area contributed by atoms with Crippen molar-refractivity contribution >= 4 is 17.4 Å². The van der Waals surface area contributed by atoms with Crippen molar-refractivity contribution in [2.75, 3.05) is 0 Å². The Hall–Kier alpha value is -1.61. The normalized spacial score (nSPS) is 11.7. The van der Waals surface area contributed by atoms with Crippen LogP contribution in [0.5, 0.6) is 0 Å². The molecule has 0 fully saturated rings. The van der Waals surface area contributed by atoms with Gasteiger partial charge >= 0.3 is 0 Å². The number of hydrogen-bond acceptors (Lipinski definition) is 2. The topological polar surface area (TPSA) is 34.9 Å². The number of hydrogen-bond donors (Lipinski definition) is 0. The van der Waals surface area contributed by atoms with Gasteiger partial charge in [-0.3, -0.25) is 9.48 Å². The second-order valence-electron chi connectivity index (χ2n) is 6.83. The molecule has 0 N–H and O–H groups in total. The average Bonchev–Trinajstić information content (AvgIpc) is 2.84. The van der Waals surface area contributed by atoms with Gasteiger partial charge in [-0.2, -0.15) is 5.10 Å². The maximum Gasteiger partial charge on any atom is 0.154 e. The van der Waals surface area contributed by atoms with Crippen LogP contribution < -0.4 is 0 Å². The second-order valence-corrected chi connectivity index (χ2v) is 7.27. The molecule has 2 aromatic rings. The fourth-order valence-corrected chi connectivity index (χ4v) is 2.69. The molecular weight excluding hydrogens is 296 g/mol. The van der Waals surface area contributed by atoms with Crippen molar-refractivity contribution < 1.29 is 4.79 Å². The van der Waals surface area contributed by atoms with Crippen LogP contribution in [0.25, 0.3) is 11.3 Å². The van der Waals surface area contributed by atoms with Crippen LogP contribution in [0.4, 0.5) is 0 Å². The van der Waals surface area contributed by atoms with Gasteiger partial charge in [0.25, 0.3) is 0 Å². The Labute approximate surface area is 137 Å². The summed E-state index contributed by atoms with van der Waals surface area (Å²) in [5.41, 5.74) is 3.12. The van der Waals surface area contributed by atoms with E-state index in [1.54, 1.807) is 4.68 Å². The highest BCUT2D eigenvalue weighted by molar-refractivity contribution is 6.30. The van der Waals surface area contributed by atoms with Crippen LogP contribution in [0, 0.1) is 5.41 Å². The van der Waals surface area contributed by atoms with E-state index in [-0.39, 0.29) is 11.2 Å². The number of ketones is 1. The summed E-state index contributed by atoms with van der Waals surface area (Å²) in [7, 11) is 0. The summed E-state index contributed by atoms with van der Waals surface area (Å²) in [6.45, 7) is 8.63. The minimum atomic E-state index is 0.00933. The van der Waals surface area contributed by atoms with Gasteiger partial charge in [-0.1, -0.05) is 45.4 Å². The Kier molecular flexibility index (Phi) is 5.07. The van der Waals surface area contributed by atoms with Crippen molar-refractivity contribution in [3.8, 4) is 11.3 Å². The van der Waals surface area contributed by atoms with Gasteiger partial charge in [0.1, 0.15) is 0 Å². The molecule has 0 aliphatic carbocycles. The number of aryl methyl sites for hydroxylation is 1. The molecule has 4 heteroatoms. The molecule has 1 aromatic carbocycles. The Bertz CT molecular complexity index is 668. The number of aromatic nitrogens is 2. The van der Waals surface area contributed by atoms with E-state index in [4.69, 9.17) is 11.6 Å². The van der Waals surface area contributed by atoms with Crippen LogP contribution in [-0.4, -0.2) is 15.6 Å². The number of carbonyl (C=O) groups excluding carboxylic acids is 1. The van der Waals surface area contributed by atoms with Crippen molar-refractivity contribution in [3.05, 3.63) is 41.0 Å². The Morgan fingerprint density at radius 1 is 1.27 bits per heavy atom. The van der Waals surface area contributed by atoms with E-state index in [0.717, 1.165) is 17.7 Å². The minimum absolute atomic E-state index is 0.00933. The molecule has 0 aliphatic heterocycles. The summed E-state index contributed by atoms with van der Waals surface area (Å²) in [6.07, 6.45) is 3.33. The fourth-order valence-electron chi connectivity index (χ4n) is 2.52. The van der Waals surface area contributed by atoms with Crippen LogP contribution >= 0.6 is 11.6 Å². The van der Waals surface area contributed by atoms with Crippen molar-refractivity contribution in [2.45, 2.75) is 47.1 Å². The lowest BCUT2D eigenvalue weighted by Crippen LogP contribution is -2.18. The summed E-state index contributed by atoms with van der Waals surface area (Å²) >= 11 is 6.10. The third kappa shape index (κ3) is 4.44. The molecular formula is C18H23ClN2O. The monoisotopic (exact) mass is 318 g/mol. The van der Waals surface area contributed by atoms with E-state index in [1.165, 1.54) is 5.56 Å². The fraction of sp³-hybridized carbons (Fsp3) is 0.444. The first kappa shape index (κ1) is 16.8. The SMILES string of the molecule is CCc1ccc(Cl)cc1-c1ccn(CC(=O)CC(C)(C)C)n1. The van der Waals surface area contributed by atoms with Crippen molar-refractivity contribution in [1.29, 1.82) is 0 Å². The molecule has 0 saturated heterocycles. The van der Waals surface area contributed by atoms with Gasteiger partial charge in [-0.25, -0.2) is 0 Å². The van der Waals surface area contributed by atoms with Crippen LogP contribution in [0.2, 0.25) is 5.02 Å².